The zero-order valence-corrected chi connectivity index (χ0v) is 21.6. The Morgan fingerprint density at radius 2 is 1.74 bits per heavy atom. The highest BCUT2D eigenvalue weighted by Crippen LogP contribution is 2.46. The van der Waals surface area contributed by atoms with Crippen LogP contribution >= 0.6 is 0 Å². The predicted molar refractivity (Wildman–Crippen MR) is 147 cm³/mol. The van der Waals surface area contributed by atoms with Crippen molar-refractivity contribution in [3.05, 3.63) is 106 Å². The van der Waals surface area contributed by atoms with Crippen LogP contribution in [0.2, 0.25) is 0 Å². The molecule has 3 aromatic carbocycles. The molecule has 0 amide bonds. The van der Waals surface area contributed by atoms with Crippen molar-refractivity contribution in [2.75, 3.05) is 7.11 Å². The molecule has 1 aliphatic heterocycles. The first kappa shape index (κ1) is 24.2. The number of allylic oxidation sites excluding steroid dienone is 1. The van der Waals surface area contributed by atoms with Gasteiger partial charge in [0.25, 0.3) is 4.92 Å². The van der Waals surface area contributed by atoms with E-state index in [4.69, 9.17) is 9.57 Å². The van der Waals surface area contributed by atoms with Crippen molar-refractivity contribution in [3.63, 3.8) is 0 Å². The van der Waals surface area contributed by atoms with Crippen LogP contribution in [0.4, 0.5) is 0 Å². The SMILES string of the molecule is COC(=O)c1ccc2c(C3CCCCC3)c3n(c2c1)CC([N+](=O)OCc1ccccc1)=Cc1ccccc1-3. The van der Waals surface area contributed by atoms with Gasteiger partial charge in [0.1, 0.15) is 6.54 Å². The quantitative estimate of drug-likeness (QED) is 0.201. The fourth-order valence-electron chi connectivity index (χ4n) is 6.01. The number of aromatic nitrogens is 1. The molecule has 0 saturated heterocycles. The average Bonchev–Trinajstić information content (AvgIpc) is 3.18. The minimum Gasteiger partial charge on any atom is -0.465 e. The molecule has 1 fully saturated rings. The van der Waals surface area contributed by atoms with Gasteiger partial charge in [0.15, 0.2) is 6.61 Å². The molecule has 6 heteroatoms. The minimum atomic E-state index is -0.372. The molecule has 2 aliphatic rings. The first-order chi connectivity index (χ1) is 18.6. The first-order valence-corrected chi connectivity index (χ1v) is 13.3. The van der Waals surface area contributed by atoms with Gasteiger partial charge in [-0.15, -0.1) is 0 Å². The third-order valence-corrected chi connectivity index (χ3v) is 7.82. The van der Waals surface area contributed by atoms with Gasteiger partial charge in [-0.05, 0) is 47.6 Å². The van der Waals surface area contributed by atoms with Crippen LogP contribution in [-0.2, 0) is 22.7 Å². The third kappa shape index (κ3) is 4.40. The van der Waals surface area contributed by atoms with E-state index < -0.39 is 0 Å². The molecule has 6 nitrogen and oxygen atoms in total. The highest BCUT2D eigenvalue weighted by Gasteiger charge is 2.33. The molecular weight excluding hydrogens is 476 g/mol. The molecule has 0 radical (unpaired) electrons. The summed E-state index contributed by atoms with van der Waals surface area (Å²) >= 11 is 0. The molecule has 192 valence electrons. The van der Waals surface area contributed by atoms with Gasteiger partial charge >= 0.3 is 11.7 Å². The van der Waals surface area contributed by atoms with Gasteiger partial charge < -0.3 is 9.30 Å². The fraction of sp³-hybridized carbons (Fsp3) is 0.281. The number of hydrogen-bond acceptors (Lipinski definition) is 4. The summed E-state index contributed by atoms with van der Waals surface area (Å²) in [7, 11) is 1.40. The molecule has 38 heavy (non-hydrogen) atoms. The van der Waals surface area contributed by atoms with Gasteiger partial charge in [-0.3, -0.25) is 0 Å². The van der Waals surface area contributed by atoms with Crippen LogP contribution in [0.15, 0.2) is 78.5 Å². The number of carbonyl (C=O) groups is 1. The van der Waals surface area contributed by atoms with E-state index in [2.05, 4.69) is 22.8 Å². The highest BCUT2D eigenvalue weighted by atomic mass is 16.8. The van der Waals surface area contributed by atoms with Crippen LogP contribution in [0, 0.1) is 4.91 Å². The van der Waals surface area contributed by atoms with E-state index in [0.29, 0.717) is 28.6 Å². The third-order valence-electron chi connectivity index (χ3n) is 7.82. The number of ether oxygens (including phenoxy) is 1. The van der Waals surface area contributed by atoms with Crippen molar-refractivity contribution >= 4 is 22.9 Å². The van der Waals surface area contributed by atoms with E-state index in [1.165, 1.54) is 31.9 Å². The van der Waals surface area contributed by atoms with Crippen molar-refractivity contribution in [2.45, 2.75) is 51.2 Å². The lowest BCUT2D eigenvalue weighted by Gasteiger charge is -2.23. The summed E-state index contributed by atoms with van der Waals surface area (Å²) in [5, 5.41) is 1.14. The van der Waals surface area contributed by atoms with Gasteiger partial charge in [0.05, 0.1) is 28.8 Å². The summed E-state index contributed by atoms with van der Waals surface area (Å²) in [5.74, 6) is 0.0573. The number of rotatable bonds is 6. The molecule has 1 saturated carbocycles. The summed E-state index contributed by atoms with van der Waals surface area (Å²) in [6.07, 6.45) is 7.90. The number of benzene rings is 3. The average molecular weight is 508 g/mol. The Morgan fingerprint density at radius 3 is 2.53 bits per heavy atom. The Kier molecular flexibility index (Phi) is 6.54. The topological polar surface area (TPSA) is 60.5 Å². The molecule has 0 N–H and O–H groups in total. The second-order valence-electron chi connectivity index (χ2n) is 10.1. The summed E-state index contributed by atoms with van der Waals surface area (Å²) in [4.78, 5) is 32.2. The van der Waals surface area contributed by atoms with Crippen molar-refractivity contribution < 1.29 is 19.3 Å². The molecule has 4 aromatic rings. The monoisotopic (exact) mass is 507 g/mol. The predicted octanol–water partition coefficient (Wildman–Crippen LogP) is 7.41. The highest BCUT2D eigenvalue weighted by molar-refractivity contribution is 5.99. The van der Waals surface area contributed by atoms with Gasteiger partial charge in [-0.25, -0.2) is 9.63 Å². The zero-order chi connectivity index (χ0) is 26.1. The summed E-state index contributed by atoms with van der Waals surface area (Å²) in [5.41, 5.74) is 7.39. The van der Waals surface area contributed by atoms with Gasteiger partial charge in [0.2, 0.25) is 0 Å². The normalized spacial score (nSPS) is 15.2. The molecule has 6 rings (SSSR count). The fourth-order valence-corrected chi connectivity index (χ4v) is 6.01. The van der Waals surface area contributed by atoms with E-state index in [-0.39, 0.29) is 12.6 Å². The van der Waals surface area contributed by atoms with E-state index in [9.17, 15) is 9.70 Å². The van der Waals surface area contributed by atoms with Crippen molar-refractivity contribution in [1.29, 1.82) is 0 Å². The molecule has 1 aromatic heterocycles. The zero-order valence-electron chi connectivity index (χ0n) is 21.6. The molecule has 2 heterocycles. The van der Waals surface area contributed by atoms with Gasteiger partial charge in [-0.1, -0.05) is 79.9 Å². The second-order valence-corrected chi connectivity index (χ2v) is 10.1. The summed E-state index contributed by atoms with van der Waals surface area (Å²) in [6, 6.07) is 23.7. The van der Waals surface area contributed by atoms with Crippen molar-refractivity contribution in [3.8, 4) is 11.3 Å². The number of esters is 1. The Bertz CT molecular complexity index is 1540. The maximum atomic E-state index is 13.3. The van der Waals surface area contributed by atoms with Crippen LogP contribution in [0.3, 0.4) is 0 Å². The first-order valence-electron chi connectivity index (χ1n) is 13.3. The minimum absolute atomic E-state index is 0.183. The van der Waals surface area contributed by atoms with E-state index in [0.717, 1.165) is 46.1 Å². The number of fused-ring (bicyclic) bond motifs is 5. The van der Waals surface area contributed by atoms with Crippen LogP contribution in [0.1, 0.15) is 65.1 Å². The Balaban J connectivity index is 1.50. The summed E-state index contributed by atoms with van der Waals surface area (Å²) in [6.45, 7) is 0.512. The summed E-state index contributed by atoms with van der Waals surface area (Å²) < 4.78 is 7.22. The van der Waals surface area contributed by atoms with E-state index in [1.54, 1.807) is 0 Å². The Hall–Kier alpha value is -4.19. The van der Waals surface area contributed by atoms with Crippen LogP contribution in [-0.4, -0.2) is 22.6 Å². The molecule has 0 atom stereocenters. The van der Waals surface area contributed by atoms with E-state index in [1.807, 2.05) is 60.7 Å². The van der Waals surface area contributed by atoms with Gasteiger partial charge in [0, 0.05) is 17.0 Å². The van der Waals surface area contributed by atoms with Crippen LogP contribution in [0.5, 0.6) is 0 Å². The van der Waals surface area contributed by atoms with Crippen LogP contribution in [0.25, 0.3) is 28.2 Å². The van der Waals surface area contributed by atoms with Gasteiger partial charge in [-0.2, -0.15) is 0 Å². The number of hydrogen-bond donors (Lipinski definition) is 0. The van der Waals surface area contributed by atoms with E-state index >= 15 is 0 Å². The van der Waals surface area contributed by atoms with Crippen LogP contribution < -0.4 is 0 Å². The maximum Gasteiger partial charge on any atom is 0.337 e. The smallest absolute Gasteiger partial charge is 0.337 e. The molecule has 0 unspecified atom stereocenters. The largest absolute Gasteiger partial charge is 0.465 e. The molecule has 1 aliphatic carbocycles. The number of nitrogens with zero attached hydrogens (tertiary/aromatic N) is 2. The van der Waals surface area contributed by atoms with Crippen molar-refractivity contribution in [1.82, 2.24) is 4.57 Å². The lowest BCUT2D eigenvalue weighted by molar-refractivity contribution is -0.775. The van der Waals surface area contributed by atoms with Crippen molar-refractivity contribution in [2.24, 2.45) is 0 Å². The Labute approximate surface area is 222 Å². The molecule has 0 bridgehead atoms. The lowest BCUT2D eigenvalue weighted by Crippen LogP contribution is -2.14. The molecular formula is C32H31N2O4+. The maximum absolute atomic E-state index is 13.3. The molecule has 0 spiro atoms. The lowest BCUT2D eigenvalue weighted by atomic mass is 9.81. The number of methoxy groups -OCH3 is 1. The number of carbonyl (C=O) groups excluding carboxylic acids is 1. The standard InChI is InChI=1S/C32H31N2O4/c1-37-32(35)25-16-17-28-29(19-25)33-20-26(34(36)38-21-22-10-4-2-5-11-22)18-24-14-8-9-15-27(24)31(33)30(28)23-12-6-3-7-13-23/h2,4-5,8-11,14-19,23H,3,6-7,12-13,20-21H2,1H3/q+1. The Morgan fingerprint density at radius 1 is 0.974 bits per heavy atom. The second kappa shape index (κ2) is 10.3.